The van der Waals surface area contributed by atoms with E-state index in [0.717, 1.165) is 0 Å². The molecule has 1 aliphatic carbocycles. The molecular formula is C9H14N2O2. The number of rotatable bonds is 2. The summed E-state index contributed by atoms with van der Waals surface area (Å²) in [6, 6.07) is 0. The van der Waals surface area contributed by atoms with Crippen molar-refractivity contribution in [2.24, 2.45) is 17.4 Å². The van der Waals surface area contributed by atoms with Crippen LogP contribution in [0.1, 0.15) is 13.3 Å². The van der Waals surface area contributed by atoms with Gasteiger partial charge in [-0.05, 0) is 12.5 Å². The van der Waals surface area contributed by atoms with Crippen molar-refractivity contribution in [2.45, 2.75) is 18.9 Å². The van der Waals surface area contributed by atoms with Crippen LogP contribution in [0.25, 0.3) is 0 Å². The number of hydrogen-bond acceptors (Lipinski definition) is 3. The Morgan fingerprint density at radius 3 is 2.77 bits per heavy atom. The highest BCUT2D eigenvalue weighted by Crippen LogP contribution is 2.28. The summed E-state index contributed by atoms with van der Waals surface area (Å²) in [5.41, 5.74) is 11.1. The van der Waals surface area contributed by atoms with Crippen molar-refractivity contribution in [1.29, 1.82) is 0 Å². The van der Waals surface area contributed by atoms with Crippen LogP contribution in [-0.2, 0) is 4.79 Å². The standard InChI is InChI=1S/C9H14N2O2/c1-2-9(11)6(8(12)13)4-3-5-7(9)10/h3-6H,2,10-11H2,1H3,(H,12,13). The zero-order valence-electron chi connectivity index (χ0n) is 7.53. The van der Waals surface area contributed by atoms with Crippen molar-refractivity contribution < 1.29 is 9.90 Å². The lowest BCUT2D eigenvalue weighted by Gasteiger charge is -2.34. The van der Waals surface area contributed by atoms with Crippen LogP contribution in [0.5, 0.6) is 0 Å². The topological polar surface area (TPSA) is 89.3 Å². The van der Waals surface area contributed by atoms with E-state index in [-0.39, 0.29) is 0 Å². The highest BCUT2D eigenvalue weighted by molar-refractivity contribution is 5.75. The molecule has 5 N–H and O–H groups in total. The molecule has 0 radical (unpaired) electrons. The van der Waals surface area contributed by atoms with Gasteiger partial charge in [-0.25, -0.2) is 0 Å². The number of carbonyl (C=O) groups is 1. The minimum atomic E-state index is -0.934. The Balaban J connectivity index is 3.06. The molecule has 0 aromatic heterocycles. The Morgan fingerprint density at radius 2 is 2.38 bits per heavy atom. The number of hydrogen-bond donors (Lipinski definition) is 3. The molecule has 0 amide bonds. The van der Waals surface area contributed by atoms with Gasteiger partial charge in [-0.1, -0.05) is 19.1 Å². The van der Waals surface area contributed by atoms with Crippen LogP contribution in [0.2, 0.25) is 0 Å². The van der Waals surface area contributed by atoms with Crippen LogP contribution in [0.15, 0.2) is 23.9 Å². The average molecular weight is 182 g/mol. The van der Waals surface area contributed by atoms with Crippen LogP contribution in [0, 0.1) is 5.92 Å². The molecule has 0 aromatic rings. The normalized spacial score (nSPS) is 32.8. The van der Waals surface area contributed by atoms with Gasteiger partial charge >= 0.3 is 5.97 Å². The first-order chi connectivity index (χ1) is 6.02. The molecular weight excluding hydrogens is 168 g/mol. The lowest BCUT2D eigenvalue weighted by molar-refractivity contribution is -0.141. The molecule has 72 valence electrons. The average Bonchev–Trinajstić information content (AvgIpc) is 2.09. The fraction of sp³-hybridized carbons (Fsp3) is 0.444. The lowest BCUT2D eigenvalue weighted by Crippen LogP contribution is -2.53. The Bertz CT molecular complexity index is 283. The van der Waals surface area contributed by atoms with E-state index in [2.05, 4.69) is 0 Å². The Kier molecular flexibility index (Phi) is 2.43. The zero-order valence-corrected chi connectivity index (χ0v) is 7.53. The summed E-state index contributed by atoms with van der Waals surface area (Å²) in [7, 11) is 0. The highest BCUT2D eigenvalue weighted by atomic mass is 16.4. The van der Waals surface area contributed by atoms with E-state index >= 15 is 0 Å². The molecule has 1 aliphatic rings. The second kappa shape index (κ2) is 3.22. The molecule has 0 saturated heterocycles. The first-order valence-electron chi connectivity index (χ1n) is 4.18. The van der Waals surface area contributed by atoms with Crippen LogP contribution >= 0.6 is 0 Å². The van der Waals surface area contributed by atoms with Crippen molar-refractivity contribution in [1.82, 2.24) is 0 Å². The van der Waals surface area contributed by atoms with Crippen LogP contribution in [0.3, 0.4) is 0 Å². The smallest absolute Gasteiger partial charge is 0.312 e. The predicted molar refractivity (Wildman–Crippen MR) is 49.7 cm³/mol. The second-order valence-electron chi connectivity index (χ2n) is 3.22. The Hall–Kier alpha value is -1.29. The van der Waals surface area contributed by atoms with Gasteiger partial charge in [0.15, 0.2) is 0 Å². The van der Waals surface area contributed by atoms with Crippen molar-refractivity contribution in [3.05, 3.63) is 23.9 Å². The minimum absolute atomic E-state index is 0.435. The van der Waals surface area contributed by atoms with Gasteiger partial charge < -0.3 is 16.6 Å². The van der Waals surface area contributed by atoms with E-state index in [4.69, 9.17) is 16.6 Å². The van der Waals surface area contributed by atoms with E-state index in [1.807, 2.05) is 6.92 Å². The number of aliphatic carboxylic acids is 1. The van der Waals surface area contributed by atoms with Gasteiger partial charge in [0.2, 0.25) is 0 Å². The van der Waals surface area contributed by atoms with Crippen molar-refractivity contribution >= 4 is 5.97 Å². The number of carboxylic acid groups (broad SMARTS) is 1. The zero-order chi connectivity index (χ0) is 10.1. The SMILES string of the molecule is CCC1(N)C(N)=CC=CC1C(=O)O. The first-order valence-corrected chi connectivity index (χ1v) is 4.18. The van der Waals surface area contributed by atoms with Gasteiger partial charge in [0.1, 0.15) is 0 Å². The van der Waals surface area contributed by atoms with Crippen molar-refractivity contribution in [3.8, 4) is 0 Å². The minimum Gasteiger partial charge on any atom is -0.481 e. The molecule has 0 aliphatic heterocycles. The third-order valence-corrected chi connectivity index (χ3v) is 2.52. The van der Waals surface area contributed by atoms with E-state index in [1.165, 1.54) is 0 Å². The van der Waals surface area contributed by atoms with Gasteiger partial charge in [0.25, 0.3) is 0 Å². The maximum atomic E-state index is 10.9. The van der Waals surface area contributed by atoms with Gasteiger partial charge in [-0.2, -0.15) is 0 Å². The molecule has 0 spiro atoms. The molecule has 0 heterocycles. The van der Waals surface area contributed by atoms with E-state index in [9.17, 15) is 4.79 Å². The van der Waals surface area contributed by atoms with Gasteiger partial charge in [-0.3, -0.25) is 4.79 Å². The number of allylic oxidation sites excluding steroid dienone is 2. The summed E-state index contributed by atoms with van der Waals surface area (Å²) >= 11 is 0. The summed E-state index contributed by atoms with van der Waals surface area (Å²) in [4.78, 5) is 10.9. The maximum Gasteiger partial charge on any atom is 0.312 e. The van der Waals surface area contributed by atoms with Gasteiger partial charge in [-0.15, -0.1) is 0 Å². The molecule has 0 saturated carbocycles. The van der Waals surface area contributed by atoms with Gasteiger partial charge in [0.05, 0.1) is 11.5 Å². The predicted octanol–water partition coefficient (Wildman–Crippen LogP) is 0.207. The largest absolute Gasteiger partial charge is 0.481 e. The van der Waals surface area contributed by atoms with E-state index < -0.39 is 17.4 Å². The summed E-state index contributed by atoms with van der Waals surface area (Å²) in [5, 5.41) is 8.91. The van der Waals surface area contributed by atoms with E-state index in [1.54, 1.807) is 18.2 Å². The van der Waals surface area contributed by atoms with Crippen LogP contribution in [-0.4, -0.2) is 16.6 Å². The quantitative estimate of drug-likeness (QED) is 0.569. The van der Waals surface area contributed by atoms with Gasteiger partial charge in [0, 0.05) is 5.70 Å². The molecule has 1 rings (SSSR count). The van der Waals surface area contributed by atoms with Crippen LogP contribution in [0.4, 0.5) is 0 Å². The summed E-state index contributed by atoms with van der Waals surface area (Å²) in [6.07, 6.45) is 5.37. The fourth-order valence-corrected chi connectivity index (χ4v) is 1.50. The first kappa shape index (κ1) is 9.80. The summed E-state index contributed by atoms with van der Waals surface area (Å²) < 4.78 is 0. The summed E-state index contributed by atoms with van der Waals surface area (Å²) in [5.74, 6) is -1.65. The summed E-state index contributed by atoms with van der Waals surface area (Å²) in [6.45, 7) is 1.83. The van der Waals surface area contributed by atoms with Crippen molar-refractivity contribution in [3.63, 3.8) is 0 Å². The maximum absolute atomic E-state index is 10.9. The monoisotopic (exact) mass is 182 g/mol. The van der Waals surface area contributed by atoms with Crippen LogP contribution < -0.4 is 11.5 Å². The molecule has 2 atom stereocenters. The lowest BCUT2D eigenvalue weighted by atomic mass is 9.77. The highest BCUT2D eigenvalue weighted by Gasteiger charge is 2.40. The molecule has 4 heteroatoms. The third kappa shape index (κ3) is 1.45. The molecule has 2 unspecified atom stereocenters. The molecule has 4 nitrogen and oxygen atoms in total. The second-order valence-corrected chi connectivity index (χ2v) is 3.22. The van der Waals surface area contributed by atoms with E-state index in [0.29, 0.717) is 12.1 Å². The number of nitrogens with two attached hydrogens (primary N) is 2. The Morgan fingerprint density at radius 1 is 1.77 bits per heavy atom. The third-order valence-electron chi connectivity index (χ3n) is 2.52. The van der Waals surface area contributed by atoms with Crippen molar-refractivity contribution in [2.75, 3.05) is 0 Å². The molecule has 0 bridgehead atoms. The molecule has 0 aromatic carbocycles. The fourth-order valence-electron chi connectivity index (χ4n) is 1.50. The molecule has 13 heavy (non-hydrogen) atoms. The Labute approximate surface area is 76.9 Å². The molecule has 0 fully saturated rings. The number of carboxylic acids is 1.